The second kappa shape index (κ2) is 6.49. The molecule has 1 unspecified atom stereocenters. The second-order valence-corrected chi connectivity index (χ2v) is 6.56. The Morgan fingerprint density at radius 3 is 2.42 bits per heavy atom. The molecule has 0 saturated heterocycles. The molecule has 0 spiro atoms. The third-order valence-corrected chi connectivity index (χ3v) is 4.59. The highest BCUT2D eigenvalue weighted by Crippen LogP contribution is 2.40. The van der Waals surface area contributed by atoms with E-state index < -0.39 is 0 Å². The molecule has 0 aromatic heterocycles. The van der Waals surface area contributed by atoms with Gasteiger partial charge in [-0.2, -0.15) is 0 Å². The summed E-state index contributed by atoms with van der Waals surface area (Å²) in [6.07, 6.45) is 0. The van der Waals surface area contributed by atoms with E-state index in [-0.39, 0.29) is 5.38 Å². The van der Waals surface area contributed by atoms with Crippen molar-refractivity contribution in [2.75, 3.05) is 7.11 Å². The number of methoxy groups -OCH3 is 1. The summed E-state index contributed by atoms with van der Waals surface area (Å²) < 4.78 is 7.26. The second-order valence-electron chi connectivity index (χ2n) is 3.91. The first-order chi connectivity index (χ1) is 9.02. The van der Waals surface area contributed by atoms with Gasteiger partial charge in [-0.25, -0.2) is 0 Å². The molecule has 1 nitrogen and oxygen atoms in total. The molecule has 2 aromatic carbocycles. The molecule has 0 bridgehead atoms. The van der Waals surface area contributed by atoms with Crippen molar-refractivity contribution >= 4 is 55.1 Å². The van der Waals surface area contributed by atoms with Crippen molar-refractivity contribution < 1.29 is 4.74 Å². The predicted octanol–water partition coefficient (Wildman–Crippen LogP) is 6.20. The predicted molar refractivity (Wildman–Crippen MR) is 87.5 cm³/mol. The highest BCUT2D eigenvalue weighted by atomic mass is 79.9. The van der Waals surface area contributed by atoms with E-state index in [2.05, 4.69) is 31.9 Å². The maximum Gasteiger partial charge on any atom is 0.123 e. The lowest BCUT2D eigenvalue weighted by Crippen LogP contribution is -1.98. The van der Waals surface area contributed by atoms with Gasteiger partial charge in [-0.05, 0) is 35.9 Å². The minimum absolute atomic E-state index is 0.337. The van der Waals surface area contributed by atoms with Gasteiger partial charge in [0.2, 0.25) is 0 Å². The van der Waals surface area contributed by atoms with Crippen molar-refractivity contribution in [2.45, 2.75) is 5.38 Å². The fourth-order valence-electron chi connectivity index (χ4n) is 1.78. The lowest BCUT2D eigenvalue weighted by molar-refractivity contribution is 0.410. The number of hydrogen-bond acceptors (Lipinski definition) is 1. The van der Waals surface area contributed by atoms with Gasteiger partial charge in [0.15, 0.2) is 0 Å². The minimum atomic E-state index is -0.337. The molecule has 2 aromatic rings. The minimum Gasteiger partial charge on any atom is -0.496 e. The molecule has 5 heteroatoms. The van der Waals surface area contributed by atoms with Crippen LogP contribution in [-0.4, -0.2) is 7.11 Å². The molecule has 100 valence electrons. The molecule has 0 fully saturated rings. The van der Waals surface area contributed by atoms with Crippen LogP contribution < -0.4 is 4.74 Å². The van der Waals surface area contributed by atoms with Gasteiger partial charge in [0, 0.05) is 19.5 Å². The van der Waals surface area contributed by atoms with E-state index in [1.54, 1.807) is 13.2 Å². The number of alkyl halides is 1. The number of halogens is 4. The molecule has 2 rings (SSSR count). The summed E-state index contributed by atoms with van der Waals surface area (Å²) in [5, 5.41) is 0.297. The van der Waals surface area contributed by atoms with Crippen LogP contribution in [0.5, 0.6) is 5.75 Å². The Hall–Kier alpha value is -0.220. The number of benzene rings is 2. The van der Waals surface area contributed by atoms with Crippen molar-refractivity contribution in [1.29, 1.82) is 0 Å². The molecule has 0 aliphatic carbocycles. The Kier molecular flexibility index (Phi) is 5.18. The van der Waals surface area contributed by atoms with E-state index in [9.17, 15) is 0 Å². The molecule has 19 heavy (non-hydrogen) atoms. The van der Waals surface area contributed by atoms with Gasteiger partial charge in [-0.3, -0.25) is 0 Å². The smallest absolute Gasteiger partial charge is 0.123 e. The largest absolute Gasteiger partial charge is 0.496 e. The standard InChI is InChI=1S/C14H10Br2Cl2O/c1-19-13-5-3-9(17)7-11(13)14(18)10-4-2-8(15)6-12(10)16/h2-7,14H,1H3. The Morgan fingerprint density at radius 2 is 1.79 bits per heavy atom. The summed E-state index contributed by atoms with van der Waals surface area (Å²) in [6, 6.07) is 11.3. The van der Waals surface area contributed by atoms with Crippen molar-refractivity contribution in [3.8, 4) is 5.75 Å². The maximum absolute atomic E-state index is 6.56. The van der Waals surface area contributed by atoms with Crippen LogP contribution in [0, 0.1) is 0 Å². The van der Waals surface area contributed by atoms with E-state index in [0.29, 0.717) is 5.02 Å². The van der Waals surface area contributed by atoms with Gasteiger partial charge in [0.05, 0.1) is 12.5 Å². The summed E-state index contributed by atoms with van der Waals surface area (Å²) in [4.78, 5) is 0. The molecule has 0 saturated carbocycles. The lowest BCUT2D eigenvalue weighted by Gasteiger charge is -2.16. The van der Waals surface area contributed by atoms with Crippen LogP contribution in [0.25, 0.3) is 0 Å². The van der Waals surface area contributed by atoms with Crippen LogP contribution >= 0.6 is 55.1 Å². The summed E-state index contributed by atoms with van der Waals surface area (Å²) in [5.41, 5.74) is 1.81. The highest BCUT2D eigenvalue weighted by Gasteiger charge is 2.18. The Labute approximate surface area is 139 Å². The summed E-state index contributed by atoms with van der Waals surface area (Å²) in [7, 11) is 1.62. The summed E-state index contributed by atoms with van der Waals surface area (Å²) >= 11 is 19.5. The zero-order valence-electron chi connectivity index (χ0n) is 9.96. The van der Waals surface area contributed by atoms with Gasteiger partial charge in [0.1, 0.15) is 5.75 Å². The zero-order valence-corrected chi connectivity index (χ0v) is 14.6. The molecule has 1 atom stereocenters. The van der Waals surface area contributed by atoms with Gasteiger partial charge in [-0.1, -0.05) is 49.5 Å². The van der Waals surface area contributed by atoms with Crippen LogP contribution in [0.3, 0.4) is 0 Å². The molecule has 0 amide bonds. The molecular formula is C14H10Br2Cl2O. The molecule has 0 aliphatic rings. The monoisotopic (exact) mass is 422 g/mol. The van der Waals surface area contributed by atoms with E-state index in [1.807, 2.05) is 30.3 Å². The van der Waals surface area contributed by atoms with Gasteiger partial charge in [-0.15, -0.1) is 11.6 Å². The van der Waals surface area contributed by atoms with Crippen LogP contribution in [0.15, 0.2) is 45.3 Å². The van der Waals surface area contributed by atoms with Crippen LogP contribution in [0.2, 0.25) is 5.02 Å². The quantitative estimate of drug-likeness (QED) is 0.533. The first kappa shape index (κ1) is 15.2. The average Bonchev–Trinajstić information content (AvgIpc) is 2.38. The molecule has 0 N–H and O–H groups in total. The summed E-state index contributed by atoms with van der Waals surface area (Å²) in [6.45, 7) is 0. The first-order valence-corrected chi connectivity index (χ1v) is 7.85. The molecule has 0 radical (unpaired) electrons. The lowest BCUT2D eigenvalue weighted by atomic mass is 10.0. The third kappa shape index (κ3) is 3.46. The topological polar surface area (TPSA) is 9.23 Å². The summed E-state index contributed by atoms with van der Waals surface area (Å²) in [5.74, 6) is 0.721. The van der Waals surface area contributed by atoms with E-state index in [1.165, 1.54) is 0 Å². The van der Waals surface area contributed by atoms with Crippen molar-refractivity contribution in [3.05, 3.63) is 61.5 Å². The third-order valence-electron chi connectivity index (χ3n) is 2.70. The normalized spacial score (nSPS) is 12.3. The number of hydrogen-bond donors (Lipinski definition) is 0. The Bertz CT molecular complexity index is 602. The van der Waals surface area contributed by atoms with Crippen molar-refractivity contribution in [2.24, 2.45) is 0 Å². The number of ether oxygens (including phenoxy) is 1. The Balaban J connectivity index is 2.49. The van der Waals surface area contributed by atoms with Crippen molar-refractivity contribution in [3.63, 3.8) is 0 Å². The van der Waals surface area contributed by atoms with E-state index >= 15 is 0 Å². The van der Waals surface area contributed by atoms with Crippen LogP contribution in [0.4, 0.5) is 0 Å². The van der Waals surface area contributed by atoms with Gasteiger partial charge >= 0.3 is 0 Å². The van der Waals surface area contributed by atoms with Crippen LogP contribution in [0.1, 0.15) is 16.5 Å². The number of rotatable bonds is 3. The zero-order chi connectivity index (χ0) is 14.0. The SMILES string of the molecule is COc1ccc(Cl)cc1C(Cl)c1ccc(Br)cc1Br. The molecular weight excluding hydrogens is 415 g/mol. The highest BCUT2D eigenvalue weighted by molar-refractivity contribution is 9.11. The van der Waals surface area contributed by atoms with E-state index in [0.717, 1.165) is 25.8 Å². The first-order valence-electron chi connectivity index (χ1n) is 5.45. The fraction of sp³-hybridized carbons (Fsp3) is 0.143. The van der Waals surface area contributed by atoms with Gasteiger partial charge < -0.3 is 4.74 Å². The van der Waals surface area contributed by atoms with Crippen LogP contribution in [-0.2, 0) is 0 Å². The fourth-order valence-corrected chi connectivity index (χ4v) is 3.73. The van der Waals surface area contributed by atoms with E-state index in [4.69, 9.17) is 27.9 Å². The molecule has 0 heterocycles. The van der Waals surface area contributed by atoms with Crippen molar-refractivity contribution in [1.82, 2.24) is 0 Å². The van der Waals surface area contributed by atoms with Gasteiger partial charge in [0.25, 0.3) is 0 Å². The molecule has 0 aliphatic heterocycles. The average molecular weight is 425 g/mol. The Morgan fingerprint density at radius 1 is 1.05 bits per heavy atom. The maximum atomic E-state index is 6.56.